The summed E-state index contributed by atoms with van der Waals surface area (Å²) in [5.74, 6) is 1.42. The molecule has 1 aromatic carbocycles. The quantitative estimate of drug-likeness (QED) is 0.796. The van der Waals surface area contributed by atoms with E-state index in [1.165, 1.54) is 6.42 Å². The van der Waals surface area contributed by atoms with E-state index < -0.39 is 5.60 Å². The van der Waals surface area contributed by atoms with E-state index in [1.807, 2.05) is 0 Å². The van der Waals surface area contributed by atoms with E-state index in [0.29, 0.717) is 34.7 Å². The molecule has 2 amide bonds. The zero-order valence-corrected chi connectivity index (χ0v) is 16.6. The summed E-state index contributed by atoms with van der Waals surface area (Å²) in [5, 5.41) is 3.51. The number of benzene rings is 1. The number of halogens is 1. The van der Waals surface area contributed by atoms with E-state index in [4.69, 9.17) is 16.3 Å². The fourth-order valence-corrected chi connectivity index (χ4v) is 4.86. The van der Waals surface area contributed by atoms with Crippen LogP contribution in [0.15, 0.2) is 18.2 Å². The molecule has 0 radical (unpaired) electrons. The molecule has 27 heavy (non-hydrogen) atoms. The van der Waals surface area contributed by atoms with Crippen molar-refractivity contribution in [1.29, 1.82) is 0 Å². The number of nitrogens with zero attached hydrogens (tertiary/aromatic N) is 1. The molecule has 1 aromatic rings. The maximum absolute atomic E-state index is 12.9. The van der Waals surface area contributed by atoms with Gasteiger partial charge in [-0.1, -0.05) is 18.5 Å². The number of carbonyl (C=O) groups excluding carboxylic acids is 2. The number of carbonyl (C=O) groups is 2. The van der Waals surface area contributed by atoms with Crippen molar-refractivity contribution in [3.63, 3.8) is 0 Å². The molecular formula is C21H27ClN2O3. The first-order valence-corrected chi connectivity index (χ1v) is 10.4. The molecule has 6 heteroatoms. The molecule has 2 aliphatic heterocycles. The molecule has 2 heterocycles. The topological polar surface area (TPSA) is 58.6 Å². The van der Waals surface area contributed by atoms with E-state index in [-0.39, 0.29) is 11.8 Å². The van der Waals surface area contributed by atoms with Crippen molar-refractivity contribution in [2.24, 2.45) is 11.8 Å². The summed E-state index contributed by atoms with van der Waals surface area (Å²) in [6, 6.07) is 5.17. The number of ether oxygens (including phenoxy) is 1. The summed E-state index contributed by atoms with van der Waals surface area (Å²) < 4.78 is 6.33. The largest absolute Gasteiger partial charge is 0.485 e. The third-order valence-corrected chi connectivity index (χ3v) is 6.53. The van der Waals surface area contributed by atoms with Crippen molar-refractivity contribution in [3.05, 3.63) is 28.8 Å². The highest BCUT2D eigenvalue weighted by Crippen LogP contribution is 2.39. The Bertz CT molecular complexity index is 743. The Kier molecular flexibility index (Phi) is 5.06. The van der Waals surface area contributed by atoms with Crippen LogP contribution in [0.1, 0.15) is 55.8 Å². The minimum atomic E-state index is -0.430. The Morgan fingerprint density at radius 3 is 2.81 bits per heavy atom. The summed E-state index contributed by atoms with van der Waals surface area (Å²) in [5.41, 5.74) is 0.0561. The van der Waals surface area contributed by atoms with Crippen LogP contribution >= 0.6 is 11.6 Å². The van der Waals surface area contributed by atoms with E-state index in [0.717, 1.165) is 45.2 Å². The lowest BCUT2D eigenvalue weighted by atomic mass is 9.77. The van der Waals surface area contributed by atoms with Gasteiger partial charge in [0.1, 0.15) is 11.4 Å². The standard InChI is InChI=1S/C21H27ClN2O3/c1-14-3-2-10-24(12-14)20(26)15-6-8-21(9-7-15)13-23-19(25)17-11-16(22)4-5-18(17)27-21/h4-5,11,14-15H,2-3,6-10,12-13H2,1H3,(H,23,25). The van der Waals surface area contributed by atoms with Crippen LogP contribution in [0.3, 0.4) is 0 Å². The Morgan fingerprint density at radius 2 is 2.07 bits per heavy atom. The SMILES string of the molecule is CC1CCCN(C(=O)C2CCC3(CC2)CNC(=O)c2cc(Cl)ccc2O3)C1. The second-order valence-corrected chi connectivity index (χ2v) is 8.85. The second-order valence-electron chi connectivity index (χ2n) is 8.41. The molecule has 146 valence electrons. The zero-order valence-electron chi connectivity index (χ0n) is 15.8. The van der Waals surface area contributed by atoms with Gasteiger partial charge < -0.3 is 15.0 Å². The fraction of sp³-hybridized carbons (Fsp3) is 0.619. The molecule has 1 N–H and O–H groups in total. The van der Waals surface area contributed by atoms with Crippen molar-refractivity contribution < 1.29 is 14.3 Å². The second kappa shape index (κ2) is 7.34. The van der Waals surface area contributed by atoms with Crippen molar-refractivity contribution in [3.8, 4) is 5.75 Å². The minimum Gasteiger partial charge on any atom is -0.485 e. The van der Waals surface area contributed by atoms with Gasteiger partial charge in [0.05, 0.1) is 12.1 Å². The Morgan fingerprint density at radius 1 is 1.30 bits per heavy atom. The van der Waals surface area contributed by atoms with Gasteiger partial charge in [-0.3, -0.25) is 9.59 Å². The Labute approximate surface area is 165 Å². The van der Waals surface area contributed by atoms with Crippen LogP contribution in [0.5, 0.6) is 5.75 Å². The Balaban J connectivity index is 1.44. The van der Waals surface area contributed by atoms with Crippen LogP contribution in [0.4, 0.5) is 0 Å². The van der Waals surface area contributed by atoms with Crippen molar-refractivity contribution >= 4 is 23.4 Å². The number of likely N-dealkylation sites (tertiary alicyclic amines) is 1. The van der Waals surface area contributed by atoms with Gasteiger partial charge in [-0.05, 0) is 62.6 Å². The monoisotopic (exact) mass is 390 g/mol. The normalized spacial score (nSPS) is 30.9. The predicted octanol–water partition coefficient (Wildman–Crippen LogP) is 3.65. The smallest absolute Gasteiger partial charge is 0.255 e. The van der Waals surface area contributed by atoms with Gasteiger partial charge in [0.15, 0.2) is 0 Å². The van der Waals surface area contributed by atoms with Crippen molar-refractivity contribution in [1.82, 2.24) is 10.2 Å². The number of fused-ring (bicyclic) bond motifs is 1. The van der Waals surface area contributed by atoms with Crippen molar-refractivity contribution in [2.45, 2.75) is 51.0 Å². The number of rotatable bonds is 1. The minimum absolute atomic E-state index is 0.0770. The van der Waals surface area contributed by atoms with Gasteiger partial charge in [0, 0.05) is 24.0 Å². The zero-order chi connectivity index (χ0) is 19.0. The summed E-state index contributed by atoms with van der Waals surface area (Å²) >= 11 is 6.03. The average molecular weight is 391 g/mol. The molecule has 1 atom stereocenters. The molecular weight excluding hydrogens is 364 g/mol. The van der Waals surface area contributed by atoms with Crippen molar-refractivity contribution in [2.75, 3.05) is 19.6 Å². The van der Waals surface area contributed by atoms with Crippen LogP contribution in [0.25, 0.3) is 0 Å². The molecule has 1 aliphatic carbocycles. The summed E-state index contributed by atoms with van der Waals surface area (Å²) in [4.78, 5) is 27.4. The number of nitrogens with one attached hydrogen (secondary N) is 1. The summed E-state index contributed by atoms with van der Waals surface area (Å²) in [7, 11) is 0. The van der Waals surface area contributed by atoms with Gasteiger partial charge in [-0.25, -0.2) is 0 Å². The van der Waals surface area contributed by atoms with Gasteiger partial charge in [0.2, 0.25) is 5.91 Å². The highest BCUT2D eigenvalue weighted by molar-refractivity contribution is 6.31. The third kappa shape index (κ3) is 3.79. The highest BCUT2D eigenvalue weighted by Gasteiger charge is 2.43. The molecule has 1 saturated carbocycles. The average Bonchev–Trinajstić information content (AvgIpc) is 2.80. The first-order valence-electron chi connectivity index (χ1n) is 10.0. The first kappa shape index (κ1) is 18.6. The number of piperidine rings is 1. The third-order valence-electron chi connectivity index (χ3n) is 6.30. The lowest BCUT2D eigenvalue weighted by Gasteiger charge is -2.41. The summed E-state index contributed by atoms with van der Waals surface area (Å²) in [6.45, 7) is 4.48. The maximum Gasteiger partial charge on any atom is 0.255 e. The number of amides is 2. The lowest BCUT2D eigenvalue weighted by molar-refractivity contribution is -0.139. The predicted molar refractivity (Wildman–Crippen MR) is 104 cm³/mol. The molecule has 1 unspecified atom stereocenters. The fourth-order valence-electron chi connectivity index (χ4n) is 4.69. The van der Waals surface area contributed by atoms with Crippen LogP contribution in [0.2, 0.25) is 5.02 Å². The molecule has 2 fully saturated rings. The maximum atomic E-state index is 12.9. The van der Waals surface area contributed by atoms with Gasteiger partial charge in [-0.2, -0.15) is 0 Å². The van der Waals surface area contributed by atoms with Crippen LogP contribution in [-0.4, -0.2) is 41.9 Å². The van der Waals surface area contributed by atoms with Crippen LogP contribution < -0.4 is 10.1 Å². The highest BCUT2D eigenvalue weighted by atomic mass is 35.5. The van der Waals surface area contributed by atoms with Gasteiger partial charge in [-0.15, -0.1) is 0 Å². The molecule has 0 aromatic heterocycles. The molecule has 5 nitrogen and oxygen atoms in total. The van der Waals surface area contributed by atoms with E-state index in [2.05, 4.69) is 17.1 Å². The van der Waals surface area contributed by atoms with Crippen LogP contribution in [-0.2, 0) is 4.79 Å². The number of hydrogen-bond donors (Lipinski definition) is 1. The molecule has 0 bridgehead atoms. The molecule has 4 rings (SSSR count). The van der Waals surface area contributed by atoms with E-state index >= 15 is 0 Å². The molecule has 3 aliphatic rings. The Hall–Kier alpha value is -1.75. The lowest BCUT2D eigenvalue weighted by Crippen LogP contribution is -2.50. The van der Waals surface area contributed by atoms with Gasteiger partial charge in [0.25, 0.3) is 5.91 Å². The molecule has 1 spiro atoms. The van der Waals surface area contributed by atoms with E-state index in [9.17, 15) is 9.59 Å². The summed E-state index contributed by atoms with van der Waals surface area (Å²) in [6.07, 6.45) is 5.49. The van der Waals surface area contributed by atoms with Crippen LogP contribution in [0, 0.1) is 11.8 Å². The molecule has 1 saturated heterocycles. The van der Waals surface area contributed by atoms with E-state index in [1.54, 1.807) is 18.2 Å². The first-order chi connectivity index (χ1) is 13.0. The number of hydrogen-bond acceptors (Lipinski definition) is 3. The van der Waals surface area contributed by atoms with Gasteiger partial charge >= 0.3 is 0 Å².